The lowest BCUT2D eigenvalue weighted by Gasteiger charge is -2.32. The molecule has 0 atom stereocenters. The number of fused-ring (bicyclic) bond motifs is 12. The molecule has 1 saturated heterocycles. The summed E-state index contributed by atoms with van der Waals surface area (Å²) in [7, 11) is -0.379. The number of para-hydroxylation sites is 4. The third kappa shape index (κ3) is 15.5. The molecule has 14 heteroatoms. The van der Waals surface area contributed by atoms with Crippen molar-refractivity contribution in [3.8, 4) is 146 Å². The highest BCUT2D eigenvalue weighted by molar-refractivity contribution is 6.62. The number of benzene rings is 18. The van der Waals surface area contributed by atoms with Crippen LogP contribution in [0.1, 0.15) is 27.7 Å². The maximum Gasteiger partial charge on any atom is 0.494 e. The zero-order valence-corrected chi connectivity index (χ0v) is 74.3. The van der Waals surface area contributed by atoms with E-state index < -0.39 is 0 Å². The van der Waals surface area contributed by atoms with E-state index in [1.807, 2.05) is 140 Å². The van der Waals surface area contributed by atoms with Crippen LogP contribution in [0.15, 0.2) is 442 Å². The zero-order valence-electron chi connectivity index (χ0n) is 73.5. The van der Waals surface area contributed by atoms with E-state index in [2.05, 4.69) is 323 Å². The molecular weight excluding hydrogens is 1670 g/mol. The van der Waals surface area contributed by atoms with Gasteiger partial charge in [-0.3, -0.25) is 0 Å². The first-order valence-electron chi connectivity index (χ1n) is 44.9. The minimum Gasteiger partial charge on any atom is -0.456 e. The number of hydrogen-bond acceptors (Lipinski definition) is 12. The van der Waals surface area contributed by atoms with Crippen molar-refractivity contribution in [3.63, 3.8) is 0 Å². The number of nitrogens with zero attached hydrogens (tertiary/aromatic N) is 6. The van der Waals surface area contributed by atoms with Gasteiger partial charge in [0.05, 0.1) is 11.2 Å². The van der Waals surface area contributed by atoms with Crippen molar-refractivity contribution < 1.29 is 27.0 Å². The van der Waals surface area contributed by atoms with Crippen molar-refractivity contribution >= 4 is 112 Å². The van der Waals surface area contributed by atoms with Crippen LogP contribution in [0.2, 0.25) is 5.28 Å². The fraction of sp³-hybridized carbons (Fsp3) is 0.0500. The molecule has 7 heterocycles. The summed E-state index contributed by atoms with van der Waals surface area (Å²) in [6, 6.07) is 146. The van der Waals surface area contributed by atoms with E-state index in [0.717, 1.165) is 188 Å². The van der Waals surface area contributed by atoms with Gasteiger partial charge in [0.25, 0.3) is 0 Å². The average molecular weight is 1750 g/mol. The summed E-state index contributed by atoms with van der Waals surface area (Å²) in [5.41, 5.74) is 29.3. The van der Waals surface area contributed by atoms with Crippen molar-refractivity contribution in [2.75, 3.05) is 0 Å². The van der Waals surface area contributed by atoms with Crippen LogP contribution >= 0.6 is 11.6 Å². The summed E-state index contributed by atoms with van der Waals surface area (Å²) < 4.78 is 38.6. The SMILES string of the molecule is CC1(C)OB(c2ccc(-c3cccc4c3oc3c(-c5cccc(-c6ccccc6)c5)cccc34)cc2)OC1(C)C.Clc1nc(-c2ccccc2)nc(-c2cccc3oc4ccc(-c5ccccc5)cc4c23)n1.c1ccc(-c2cccc(-c3cccc4c3oc3c(-c5ccc(-c6nc(-c7ccccc7)nc(-c7cccc8oc9ccc(-c%10ccccc%10)cc9c78)n6)cc5)cccc34)c2)cc1. The smallest absolute Gasteiger partial charge is 0.456 e. The van der Waals surface area contributed by atoms with Gasteiger partial charge in [-0.15, -0.1) is 0 Å². The molecule has 0 saturated carbocycles. The van der Waals surface area contributed by atoms with Crippen LogP contribution in [0.4, 0.5) is 0 Å². The summed E-state index contributed by atoms with van der Waals surface area (Å²) >= 11 is 6.31. The lowest BCUT2D eigenvalue weighted by Crippen LogP contribution is -2.41. The van der Waals surface area contributed by atoms with Gasteiger partial charge in [0.15, 0.2) is 29.1 Å². The molecule has 25 rings (SSSR count). The number of hydrogen-bond donors (Lipinski definition) is 0. The maximum absolute atomic E-state index is 6.86. The largest absolute Gasteiger partial charge is 0.494 e. The molecule has 0 spiro atoms. The topological polar surface area (TPSA) is 148 Å². The second-order valence-corrected chi connectivity index (χ2v) is 35.0. The van der Waals surface area contributed by atoms with Crippen LogP contribution in [0.25, 0.3) is 234 Å². The molecule has 18 aromatic carbocycles. The molecule has 24 aromatic rings. The number of halogens is 1. The predicted octanol–water partition coefficient (Wildman–Crippen LogP) is 31.7. The predicted molar refractivity (Wildman–Crippen MR) is 547 cm³/mol. The standard InChI is InChI=1S/C57H35N3O2.C36H31BO3.C27H16ClN3O/c1-4-14-36(15-5-1)41-20-10-21-43(34-41)45-23-12-25-47-46-24-11-22-44(53(46)62-54(45)47)38-28-30-40(31-29-38)56-58-55(39-18-8-3-9-19-39)59-57(60-56)48-26-13-27-51-52(48)49-35-42(32-33-50(49)61-51)37-16-6-2-7-17-37;1-35(2)36(3,4)40-37(39-35)28-21-19-25(20-22-28)29-15-9-17-31-32-18-10-16-30(34(32)38-33(29)31)27-14-8-13-26(23-27)24-11-6-5-7-12-24;28-27-30-25(18-10-5-2-6-11-18)29-26(31-27)20-12-7-13-23-24(20)21-16-19(14-15-22(21)32-23)17-8-3-1-4-9-17/h1-35H;5-23H,1-4H3;1-16H. The molecule has 638 valence electrons. The molecule has 1 aliphatic rings. The van der Waals surface area contributed by atoms with Crippen LogP contribution in [-0.4, -0.2) is 48.2 Å². The van der Waals surface area contributed by atoms with Crippen molar-refractivity contribution in [3.05, 3.63) is 430 Å². The zero-order chi connectivity index (χ0) is 90.0. The Kier molecular flexibility index (Phi) is 21.0. The Morgan fingerprint density at radius 2 is 0.470 bits per heavy atom. The molecule has 134 heavy (non-hydrogen) atoms. The highest BCUT2D eigenvalue weighted by Gasteiger charge is 2.52. The summed E-state index contributed by atoms with van der Waals surface area (Å²) in [5.74, 6) is 2.81. The molecule has 6 aromatic heterocycles. The molecule has 0 aliphatic carbocycles. The Morgan fingerprint density at radius 1 is 0.201 bits per heavy atom. The van der Waals surface area contributed by atoms with E-state index in [9.17, 15) is 0 Å². The van der Waals surface area contributed by atoms with Gasteiger partial charge in [-0.2, -0.15) is 9.97 Å². The summed E-state index contributed by atoms with van der Waals surface area (Å²) in [4.78, 5) is 28.9. The number of aromatic nitrogens is 6. The van der Waals surface area contributed by atoms with Gasteiger partial charge in [0.1, 0.15) is 44.7 Å². The summed E-state index contributed by atoms with van der Waals surface area (Å²) in [5, 5.41) is 8.50. The van der Waals surface area contributed by atoms with E-state index in [1.165, 1.54) is 22.3 Å². The third-order valence-electron chi connectivity index (χ3n) is 25.8. The average Bonchev–Trinajstić information content (AvgIpc) is 1.83. The van der Waals surface area contributed by atoms with Gasteiger partial charge in [-0.1, -0.05) is 376 Å². The number of rotatable bonds is 14. The monoisotopic (exact) mass is 1750 g/mol. The maximum atomic E-state index is 6.86. The lowest BCUT2D eigenvalue weighted by molar-refractivity contribution is 0.00578. The second kappa shape index (κ2) is 34.4. The minimum absolute atomic E-state index is 0.156. The van der Waals surface area contributed by atoms with E-state index >= 15 is 0 Å². The molecule has 0 amide bonds. The van der Waals surface area contributed by atoms with Gasteiger partial charge < -0.3 is 27.0 Å². The first-order valence-corrected chi connectivity index (χ1v) is 45.2. The van der Waals surface area contributed by atoms with E-state index in [-0.39, 0.29) is 23.6 Å². The molecule has 1 aliphatic heterocycles. The van der Waals surface area contributed by atoms with E-state index in [4.69, 9.17) is 58.5 Å². The molecule has 0 radical (unpaired) electrons. The highest BCUT2D eigenvalue weighted by atomic mass is 35.5. The van der Waals surface area contributed by atoms with E-state index in [1.54, 1.807) is 0 Å². The van der Waals surface area contributed by atoms with Crippen molar-refractivity contribution in [1.82, 2.24) is 29.9 Å². The molecule has 0 N–H and O–H groups in total. The fourth-order valence-electron chi connectivity index (χ4n) is 18.3. The van der Waals surface area contributed by atoms with Crippen LogP contribution in [-0.2, 0) is 9.31 Å². The summed E-state index contributed by atoms with van der Waals surface area (Å²) in [6.45, 7) is 8.32. The molecule has 0 bridgehead atoms. The van der Waals surface area contributed by atoms with Gasteiger partial charge >= 0.3 is 7.12 Å². The van der Waals surface area contributed by atoms with Crippen LogP contribution in [0, 0.1) is 0 Å². The quantitative estimate of drug-likeness (QED) is 0.0954. The minimum atomic E-state index is -0.379. The van der Waals surface area contributed by atoms with Crippen molar-refractivity contribution in [1.29, 1.82) is 0 Å². The molecule has 12 nitrogen and oxygen atoms in total. The molecule has 0 unspecified atom stereocenters. The van der Waals surface area contributed by atoms with Gasteiger partial charge in [-0.05, 0) is 160 Å². The Morgan fingerprint density at radius 3 is 0.858 bits per heavy atom. The van der Waals surface area contributed by atoms with Crippen LogP contribution in [0.3, 0.4) is 0 Å². The molecular formula is C120H82BClN6O6. The number of furan rings is 4. The van der Waals surface area contributed by atoms with Crippen LogP contribution in [0.5, 0.6) is 0 Å². The lowest BCUT2D eigenvalue weighted by atomic mass is 9.78. The third-order valence-corrected chi connectivity index (χ3v) is 26.0. The fourth-order valence-corrected chi connectivity index (χ4v) is 18.5. The van der Waals surface area contributed by atoms with E-state index in [0.29, 0.717) is 29.1 Å². The Bertz CT molecular complexity index is 8550. The molecule has 1 fully saturated rings. The first-order chi connectivity index (χ1) is 65.8. The Balaban J connectivity index is 0.000000121. The Hall–Kier alpha value is -16.5. The first kappa shape index (κ1) is 81.9. The van der Waals surface area contributed by atoms with Crippen molar-refractivity contribution in [2.45, 2.75) is 38.9 Å². The second-order valence-electron chi connectivity index (χ2n) is 34.6. The summed E-state index contributed by atoms with van der Waals surface area (Å²) in [6.07, 6.45) is 0. The van der Waals surface area contributed by atoms with Gasteiger partial charge in [0.2, 0.25) is 5.28 Å². The Labute approximate surface area is 778 Å². The van der Waals surface area contributed by atoms with Gasteiger partial charge in [0, 0.05) is 93.2 Å². The van der Waals surface area contributed by atoms with Gasteiger partial charge in [-0.25, -0.2) is 19.9 Å². The van der Waals surface area contributed by atoms with Crippen LogP contribution < -0.4 is 5.46 Å². The normalized spacial score (nSPS) is 12.9. The van der Waals surface area contributed by atoms with Crippen molar-refractivity contribution in [2.24, 2.45) is 0 Å². The highest BCUT2D eigenvalue weighted by Crippen LogP contribution is 2.47.